The molecule has 3 aliphatic rings. The Morgan fingerprint density at radius 3 is 3.00 bits per heavy atom. The first kappa shape index (κ1) is 16.0. The molecule has 2 unspecified atom stereocenters. The lowest BCUT2D eigenvalue weighted by Crippen LogP contribution is -2.45. The molecule has 1 aromatic heterocycles. The predicted octanol–water partition coefficient (Wildman–Crippen LogP) is 2.63. The maximum atomic E-state index is 13.0. The van der Waals surface area contributed by atoms with Gasteiger partial charge < -0.3 is 0 Å². The van der Waals surface area contributed by atoms with E-state index in [0.717, 1.165) is 57.6 Å². The van der Waals surface area contributed by atoms with Crippen molar-refractivity contribution in [2.45, 2.75) is 45.1 Å². The Morgan fingerprint density at radius 2 is 2.21 bits per heavy atom. The van der Waals surface area contributed by atoms with Gasteiger partial charge in [-0.25, -0.2) is 5.06 Å². The number of likely N-dealkylation sites (tertiary alicyclic amines) is 1. The number of amides is 1. The second-order valence-corrected chi connectivity index (χ2v) is 7.57. The highest BCUT2D eigenvalue weighted by Crippen LogP contribution is 2.50. The molecule has 3 fully saturated rings. The van der Waals surface area contributed by atoms with E-state index in [1.165, 1.54) is 12.8 Å². The van der Waals surface area contributed by atoms with E-state index in [-0.39, 0.29) is 17.2 Å². The number of carbonyl (C=O) groups excluding carboxylic acids is 1. The van der Waals surface area contributed by atoms with Crippen molar-refractivity contribution in [3.05, 3.63) is 30.1 Å². The molecule has 130 valence electrons. The van der Waals surface area contributed by atoms with E-state index >= 15 is 0 Å². The fraction of sp³-hybridized carbons (Fsp3) is 0.684. The van der Waals surface area contributed by atoms with Crippen LogP contribution in [-0.4, -0.2) is 47.1 Å². The molecule has 0 N–H and O–H groups in total. The molecule has 5 nitrogen and oxygen atoms in total. The minimum atomic E-state index is 0.143. The largest absolute Gasteiger partial charge is 0.297 e. The summed E-state index contributed by atoms with van der Waals surface area (Å²) in [7, 11) is 0. The predicted molar refractivity (Wildman–Crippen MR) is 90.8 cm³/mol. The molecule has 0 aromatic carbocycles. The summed E-state index contributed by atoms with van der Waals surface area (Å²) in [5.74, 6) is 0.385. The summed E-state index contributed by atoms with van der Waals surface area (Å²) in [5.41, 5.74) is 1.28. The second-order valence-electron chi connectivity index (χ2n) is 7.57. The summed E-state index contributed by atoms with van der Waals surface area (Å²) in [6, 6.07) is 6.09. The summed E-state index contributed by atoms with van der Waals surface area (Å²) in [6.07, 6.45) is 8.49. The van der Waals surface area contributed by atoms with Gasteiger partial charge in [-0.15, -0.1) is 0 Å². The summed E-state index contributed by atoms with van der Waals surface area (Å²) in [6.45, 7) is 4.44. The van der Waals surface area contributed by atoms with Crippen molar-refractivity contribution in [2.75, 3.05) is 26.2 Å². The molecule has 1 aromatic rings. The fourth-order valence-corrected chi connectivity index (χ4v) is 4.80. The first-order valence-electron chi connectivity index (χ1n) is 9.33. The van der Waals surface area contributed by atoms with Gasteiger partial charge in [0.05, 0.1) is 12.3 Å². The number of hydroxylamine groups is 2. The zero-order chi connectivity index (χ0) is 16.4. The molecule has 1 spiro atoms. The molecule has 1 aliphatic carbocycles. The van der Waals surface area contributed by atoms with E-state index < -0.39 is 0 Å². The highest BCUT2D eigenvalue weighted by atomic mass is 16.7. The minimum absolute atomic E-state index is 0.143. The van der Waals surface area contributed by atoms with E-state index in [1.807, 2.05) is 18.3 Å². The Balaban J connectivity index is 1.43. The summed E-state index contributed by atoms with van der Waals surface area (Å²) in [4.78, 5) is 25.6. The van der Waals surface area contributed by atoms with Crippen LogP contribution in [0.5, 0.6) is 0 Å². The topological polar surface area (TPSA) is 45.7 Å². The van der Waals surface area contributed by atoms with Crippen molar-refractivity contribution in [3.63, 3.8) is 0 Å². The maximum Gasteiger partial charge on any atom is 0.249 e. The third kappa shape index (κ3) is 3.07. The number of rotatable bonds is 3. The van der Waals surface area contributed by atoms with Gasteiger partial charge in [0.2, 0.25) is 5.91 Å². The van der Waals surface area contributed by atoms with Crippen molar-refractivity contribution in [1.82, 2.24) is 14.9 Å². The number of pyridine rings is 1. The number of aromatic nitrogens is 1. The third-order valence-corrected chi connectivity index (χ3v) is 6.03. The molecule has 24 heavy (non-hydrogen) atoms. The normalized spacial score (nSPS) is 31.0. The quantitative estimate of drug-likeness (QED) is 0.855. The SMILES string of the molecule is O=C(C1CCCC12CCN(Cc1ccccn1)C2)N1CCCCO1. The molecular formula is C19H27N3O2. The zero-order valence-electron chi connectivity index (χ0n) is 14.3. The maximum absolute atomic E-state index is 13.0. The molecule has 1 saturated carbocycles. The summed E-state index contributed by atoms with van der Waals surface area (Å²) in [5, 5.41) is 1.67. The van der Waals surface area contributed by atoms with Crippen molar-refractivity contribution >= 4 is 5.91 Å². The molecule has 5 heteroatoms. The van der Waals surface area contributed by atoms with Gasteiger partial charge >= 0.3 is 0 Å². The highest BCUT2D eigenvalue weighted by Gasteiger charge is 2.51. The first-order valence-corrected chi connectivity index (χ1v) is 9.33. The van der Waals surface area contributed by atoms with Crippen LogP contribution in [0.4, 0.5) is 0 Å². The van der Waals surface area contributed by atoms with Crippen LogP contribution in [-0.2, 0) is 16.2 Å². The van der Waals surface area contributed by atoms with Gasteiger partial charge in [0.15, 0.2) is 0 Å². The Kier molecular flexibility index (Phi) is 4.55. The fourth-order valence-electron chi connectivity index (χ4n) is 4.80. The molecule has 0 radical (unpaired) electrons. The van der Waals surface area contributed by atoms with Crippen LogP contribution in [0.15, 0.2) is 24.4 Å². The van der Waals surface area contributed by atoms with Gasteiger partial charge in [0, 0.05) is 31.7 Å². The molecule has 3 heterocycles. The molecule has 1 amide bonds. The van der Waals surface area contributed by atoms with Gasteiger partial charge in [-0.05, 0) is 56.2 Å². The van der Waals surface area contributed by atoms with Gasteiger partial charge in [-0.1, -0.05) is 12.5 Å². The standard InChI is InChI=1S/C19H27N3O2/c23-18(22-11-3-4-13-24-22)17-7-5-8-19(17)9-12-21(15-19)14-16-6-1-2-10-20-16/h1-2,6,10,17H,3-5,7-9,11-15H2. The Bertz CT molecular complexity index is 573. The molecule has 2 aliphatic heterocycles. The zero-order valence-corrected chi connectivity index (χ0v) is 14.3. The Hall–Kier alpha value is -1.46. The lowest BCUT2D eigenvalue weighted by Gasteiger charge is -2.35. The van der Waals surface area contributed by atoms with Gasteiger partial charge in [-0.2, -0.15) is 0 Å². The number of hydrogen-bond donors (Lipinski definition) is 0. The Labute approximate surface area is 143 Å². The van der Waals surface area contributed by atoms with E-state index in [1.54, 1.807) is 5.06 Å². The summed E-state index contributed by atoms with van der Waals surface area (Å²) >= 11 is 0. The number of nitrogens with zero attached hydrogens (tertiary/aromatic N) is 3. The Morgan fingerprint density at radius 1 is 1.25 bits per heavy atom. The van der Waals surface area contributed by atoms with E-state index in [2.05, 4.69) is 16.0 Å². The van der Waals surface area contributed by atoms with Crippen LogP contribution in [0.3, 0.4) is 0 Å². The molecular weight excluding hydrogens is 302 g/mol. The van der Waals surface area contributed by atoms with E-state index in [4.69, 9.17) is 4.84 Å². The lowest BCUT2D eigenvalue weighted by atomic mass is 9.76. The van der Waals surface area contributed by atoms with Crippen LogP contribution in [0, 0.1) is 11.3 Å². The molecule has 2 atom stereocenters. The third-order valence-electron chi connectivity index (χ3n) is 6.03. The molecule has 0 bridgehead atoms. The minimum Gasteiger partial charge on any atom is -0.297 e. The van der Waals surface area contributed by atoms with Crippen LogP contribution >= 0.6 is 0 Å². The summed E-state index contributed by atoms with van der Waals surface area (Å²) < 4.78 is 0. The number of carbonyl (C=O) groups is 1. The molecule has 2 saturated heterocycles. The highest BCUT2D eigenvalue weighted by molar-refractivity contribution is 5.79. The van der Waals surface area contributed by atoms with Gasteiger partial charge in [-0.3, -0.25) is 19.5 Å². The first-order chi connectivity index (χ1) is 11.8. The van der Waals surface area contributed by atoms with Crippen molar-refractivity contribution in [2.24, 2.45) is 11.3 Å². The van der Waals surface area contributed by atoms with Crippen molar-refractivity contribution < 1.29 is 9.63 Å². The van der Waals surface area contributed by atoms with Crippen LogP contribution in [0.2, 0.25) is 0 Å². The average molecular weight is 329 g/mol. The average Bonchev–Trinajstić information content (AvgIpc) is 3.23. The smallest absolute Gasteiger partial charge is 0.249 e. The van der Waals surface area contributed by atoms with Gasteiger partial charge in [0.1, 0.15) is 0 Å². The van der Waals surface area contributed by atoms with Crippen LogP contribution in [0.1, 0.15) is 44.2 Å². The van der Waals surface area contributed by atoms with Gasteiger partial charge in [0.25, 0.3) is 0 Å². The lowest BCUT2D eigenvalue weighted by molar-refractivity contribution is -0.204. The monoisotopic (exact) mass is 329 g/mol. The van der Waals surface area contributed by atoms with Crippen LogP contribution in [0.25, 0.3) is 0 Å². The van der Waals surface area contributed by atoms with Crippen LogP contribution < -0.4 is 0 Å². The second kappa shape index (κ2) is 6.81. The van der Waals surface area contributed by atoms with E-state index in [0.29, 0.717) is 6.61 Å². The number of hydrogen-bond acceptors (Lipinski definition) is 4. The van der Waals surface area contributed by atoms with Crippen molar-refractivity contribution in [1.29, 1.82) is 0 Å². The molecule has 4 rings (SSSR count). The van der Waals surface area contributed by atoms with Crippen molar-refractivity contribution in [3.8, 4) is 0 Å². The van der Waals surface area contributed by atoms with E-state index in [9.17, 15) is 4.79 Å².